The molecule has 2 N–H and O–H groups in total. The number of pyridine rings is 1. The molecule has 4 aromatic heterocycles. The van der Waals surface area contributed by atoms with Crippen molar-refractivity contribution >= 4 is 44.4 Å². The van der Waals surface area contributed by atoms with Gasteiger partial charge in [0.1, 0.15) is 22.7 Å². The van der Waals surface area contributed by atoms with Gasteiger partial charge in [0.15, 0.2) is 11.6 Å². The number of nitrogens with one attached hydrogen (secondary N) is 2. The Balaban J connectivity index is 1.40. The lowest BCUT2D eigenvalue weighted by Gasteiger charge is -2.21. The summed E-state index contributed by atoms with van der Waals surface area (Å²) in [6.07, 6.45) is 4.14. The van der Waals surface area contributed by atoms with Crippen molar-refractivity contribution in [1.82, 2.24) is 24.6 Å². The molecule has 3 aromatic carbocycles. The van der Waals surface area contributed by atoms with Crippen molar-refractivity contribution in [3.63, 3.8) is 0 Å². The van der Waals surface area contributed by atoms with Crippen LogP contribution in [0.3, 0.4) is 0 Å². The minimum atomic E-state index is -0.675. The van der Waals surface area contributed by atoms with Gasteiger partial charge >= 0.3 is 0 Å². The van der Waals surface area contributed by atoms with Gasteiger partial charge in [0.25, 0.3) is 5.56 Å². The molecule has 0 spiro atoms. The van der Waals surface area contributed by atoms with Crippen molar-refractivity contribution in [2.75, 3.05) is 5.32 Å². The number of carbonyl (C=O) groups excluding carboxylic acids is 1. The van der Waals surface area contributed by atoms with E-state index >= 15 is 8.78 Å². The van der Waals surface area contributed by atoms with Crippen LogP contribution in [-0.2, 0) is 11.3 Å². The van der Waals surface area contributed by atoms with Gasteiger partial charge in [0.05, 0.1) is 34.9 Å². The van der Waals surface area contributed by atoms with E-state index in [1.807, 2.05) is 49.4 Å². The Morgan fingerprint density at radius 2 is 1.71 bits per heavy atom. The van der Waals surface area contributed by atoms with Crippen LogP contribution in [0.1, 0.15) is 31.1 Å². The first-order valence-corrected chi connectivity index (χ1v) is 14.2. The van der Waals surface area contributed by atoms with Gasteiger partial charge in [-0.1, -0.05) is 36.4 Å². The van der Waals surface area contributed by atoms with Gasteiger partial charge < -0.3 is 15.1 Å². The second-order valence-electron chi connectivity index (χ2n) is 10.7. The number of carbonyl (C=O) groups is 1. The Morgan fingerprint density at radius 1 is 0.933 bits per heavy atom. The van der Waals surface area contributed by atoms with Gasteiger partial charge in [0.2, 0.25) is 5.91 Å². The highest BCUT2D eigenvalue weighted by atomic mass is 19.1. The highest BCUT2D eigenvalue weighted by molar-refractivity contribution is 6.05. The molecule has 1 amide bonds. The molecule has 7 rings (SSSR count). The molecule has 0 aliphatic carbocycles. The average molecular weight is 605 g/mol. The van der Waals surface area contributed by atoms with Crippen LogP contribution < -0.4 is 16.2 Å². The quantitative estimate of drug-likeness (QED) is 0.214. The number of nitrogens with zero attached hydrogens (tertiary/aromatic N) is 4. The molecule has 224 valence electrons. The molecule has 1 atom stereocenters. The van der Waals surface area contributed by atoms with E-state index in [1.54, 1.807) is 12.1 Å². The van der Waals surface area contributed by atoms with Crippen molar-refractivity contribution in [2.24, 2.45) is 0 Å². The number of rotatable bonds is 7. The third-order valence-electron chi connectivity index (χ3n) is 7.80. The largest absolute Gasteiger partial charge is 0.456 e. The molecule has 0 aliphatic rings. The van der Waals surface area contributed by atoms with E-state index in [1.165, 1.54) is 48.4 Å². The number of hydrogen-bond donors (Lipinski definition) is 2. The molecule has 45 heavy (non-hydrogen) atoms. The number of furan rings is 1. The summed E-state index contributed by atoms with van der Waals surface area (Å²) in [7, 11) is 0. The maximum atomic E-state index is 15.9. The normalized spacial score (nSPS) is 12.2. The maximum Gasteiger partial charge on any atom is 0.296 e. The fourth-order valence-corrected chi connectivity index (χ4v) is 5.61. The van der Waals surface area contributed by atoms with Crippen molar-refractivity contribution in [2.45, 2.75) is 26.4 Å². The predicted octanol–water partition coefficient (Wildman–Crippen LogP) is 6.56. The molecular formula is C34H26F2N6O3. The van der Waals surface area contributed by atoms with Gasteiger partial charge in [-0.3, -0.25) is 14.6 Å². The van der Waals surface area contributed by atoms with Crippen molar-refractivity contribution in [3.05, 3.63) is 125 Å². The molecular weight excluding hydrogens is 578 g/mol. The van der Waals surface area contributed by atoms with Gasteiger partial charge in [-0.2, -0.15) is 4.68 Å². The predicted molar refractivity (Wildman–Crippen MR) is 168 cm³/mol. The molecule has 11 heteroatoms. The highest BCUT2D eigenvalue weighted by Crippen LogP contribution is 2.32. The lowest BCUT2D eigenvalue weighted by atomic mass is 10.0. The Morgan fingerprint density at radius 3 is 2.53 bits per heavy atom. The third kappa shape index (κ3) is 4.78. The first-order valence-electron chi connectivity index (χ1n) is 14.2. The number of amides is 1. The number of benzene rings is 3. The minimum Gasteiger partial charge on any atom is -0.456 e. The summed E-state index contributed by atoms with van der Waals surface area (Å²) in [4.78, 5) is 34.8. The van der Waals surface area contributed by atoms with E-state index in [2.05, 4.69) is 20.6 Å². The van der Waals surface area contributed by atoms with Crippen LogP contribution in [-0.4, -0.2) is 25.2 Å². The Kier molecular flexibility index (Phi) is 6.85. The van der Waals surface area contributed by atoms with Crippen LogP contribution in [0.15, 0.2) is 101 Å². The number of fused-ring (bicyclic) bond motifs is 4. The van der Waals surface area contributed by atoms with E-state index in [9.17, 15) is 9.59 Å². The number of hydrogen-bond acceptors (Lipinski definition) is 6. The van der Waals surface area contributed by atoms with Crippen LogP contribution in [0, 0.1) is 11.6 Å². The molecule has 0 unspecified atom stereocenters. The summed E-state index contributed by atoms with van der Waals surface area (Å²) >= 11 is 0. The zero-order valence-corrected chi connectivity index (χ0v) is 24.2. The number of halogens is 2. The number of para-hydroxylation sites is 1. The molecule has 7 aromatic rings. The molecule has 0 saturated carbocycles. The van der Waals surface area contributed by atoms with Crippen LogP contribution in [0.2, 0.25) is 0 Å². The second-order valence-corrected chi connectivity index (χ2v) is 10.7. The third-order valence-corrected chi connectivity index (χ3v) is 7.80. The summed E-state index contributed by atoms with van der Waals surface area (Å²) in [6, 6.07) is 20.6. The van der Waals surface area contributed by atoms with Crippen molar-refractivity contribution in [1.29, 1.82) is 0 Å². The molecule has 4 heterocycles. The first kappa shape index (κ1) is 28.0. The van der Waals surface area contributed by atoms with Crippen LogP contribution in [0.25, 0.3) is 44.2 Å². The second kappa shape index (κ2) is 11.0. The molecule has 0 aliphatic heterocycles. The maximum absolute atomic E-state index is 15.9. The lowest BCUT2D eigenvalue weighted by Crippen LogP contribution is -2.34. The Bertz CT molecular complexity index is 2320. The topological polar surface area (TPSA) is 107 Å². The van der Waals surface area contributed by atoms with Crippen LogP contribution in [0.4, 0.5) is 14.5 Å². The number of anilines is 1. The summed E-state index contributed by atoms with van der Waals surface area (Å²) in [5.74, 6) is -1.74. The SMILES string of the molecule is CC(=O)NCc1c(F)c2cnccc2n1-n1c(-c2ccccc2F)ncc(N[C@H](C)c2ccc3oc4ccccc4c3c2)c1=O. The van der Waals surface area contributed by atoms with Gasteiger partial charge in [-0.25, -0.2) is 18.4 Å². The highest BCUT2D eigenvalue weighted by Gasteiger charge is 2.25. The Labute approximate surface area is 254 Å². The fourth-order valence-electron chi connectivity index (χ4n) is 5.61. The van der Waals surface area contributed by atoms with Crippen molar-refractivity contribution in [3.8, 4) is 11.4 Å². The smallest absolute Gasteiger partial charge is 0.296 e. The van der Waals surface area contributed by atoms with Crippen molar-refractivity contribution < 1.29 is 18.0 Å². The van der Waals surface area contributed by atoms with E-state index in [4.69, 9.17) is 4.42 Å². The molecule has 0 radical (unpaired) electrons. The van der Waals surface area contributed by atoms with E-state index in [0.29, 0.717) is 0 Å². The van der Waals surface area contributed by atoms with E-state index in [-0.39, 0.29) is 46.3 Å². The zero-order valence-electron chi connectivity index (χ0n) is 24.2. The van der Waals surface area contributed by atoms with Gasteiger partial charge in [0, 0.05) is 36.1 Å². The summed E-state index contributed by atoms with van der Waals surface area (Å²) in [5.41, 5.74) is 2.18. The minimum absolute atomic E-state index is 0.0304. The summed E-state index contributed by atoms with van der Waals surface area (Å²) < 4.78 is 39.5. The average Bonchev–Trinajstić information content (AvgIpc) is 3.55. The van der Waals surface area contributed by atoms with Gasteiger partial charge in [-0.05, 0) is 48.9 Å². The van der Waals surface area contributed by atoms with E-state index in [0.717, 1.165) is 32.2 Å². The summed E-state index contributed by atoms with van der Waals surface area (Å²) in [5, 5.41) is 7.89. The summed E-state index contributed by atoms with van der Waals surface area (Å²) in [6.45, 7) is 2.96. The molecule has 9 nitrogen and oxygen atoms in total. The van der Waals surface area contributed by atoms with Gasteiger partial charge in [-0.15, -0.1) is 0 Å². The monoisotopic (exact) mass is 604 g/mol. The molecule has 0 saturated heterocycles. The van der Waals surface area contributed by atoms with E-state index < -0.39 is 23.1 Å². The standard InChI is InChI=1S/C34H26F2N6O3/c1-19(21-11-12-31-24(15-21)22-7-4-6-10-30(22)45-31)40-27-17-39-33(23-8-3-5-9-26(23)35)42(34(27)44)41-28-13-14-37-16-25(28)32(36)29(41)18-38-20(2)43/h3-17,19,40H,18H2,1-2H3,(H,38,43)/t19-/m1/s1. The van der Waals surface area contributed by atoms with Crippen LogP contribution in [0.5, 0.6) is 0 Å². The lowest BCUT2D eigenvalue weighted by molar-refractivity contribution is -0.119. The van der Waals surface area contributed by atoms with Crippen LogP contribution >= 0.6 is 0 Å². The zero-order chi connectivity index (χ0) is 31.2. The molecule has 0 bridgehead atoms. The molecule has 0 fully saturated rings. The Hall–Kier alpha value is -5.84. The fraction of sp³-hybridized carbons (Fsp3) is 0.118. The first-order chi connectivity index (χ1) is 21.8. The number of aromatic nitrogens is 4.